The molecule has 0 aromatic carbocycles. The van der Waals surface area contributed by atoms with E-state index in [1.807, 2.05) is 6.92 Å². The molecule has 0 saturated heterocycles. The van der Waals surface area contributed by atoms with E-state index in [-0.39, 0.29) is 0 Å². The van der Waals surface area contributed by atoms with E-state index in [0.29, 0.717) is 11.8 Å². The Kier molecular flexibility index (Phi) is 6.89. The topological polar surface area (TPSA) is 38.0 Å². The second-order valence-electron chi connectivity index (χ2n) is 5.07. The smallest absolute Gasteiger partial charge is 0.0231 e. The first-order valence-corrected chi connectivity index (χ1v) is 6.34. The third kappa shape index (κ3) is 4.78. The maximum absolute atomic E-state index is 5.41. The first-order chi connectivity index (χ1) is 7.84. The van der Waals surface area contributed by atoms with Crippen LogP contribution in [0.3, 0.4) is 0 Å². The molecule has 0 rings (SSSR count). The van der Waals surface area contributed by atoms with Crippen LogP contribution in [0.4, 0.5) is 0 Å². The van der Waals surface area contributed by atoms with E-state index in [2.05, 4.69) is 59.1 Å². The van der Waals surface area contributed by atoms with E-state index in [9.17, 15) is 0 Å². The molecule has 2 nitrogen and oxygen atoms in total. The van der Waals surface area contributed by atoms with Gasteiger partial charge in [0.1, 0.15) is 0 Å². The van der Waals surface area contributed by atoms with Gasteiger partial charge in [0.2, 0.25) is 0 Å². The number of nitrogens with two attached hydrogens (primary N) is 1. The number of hydrogen-bond acceptors (Lipinski definition) is 2. The van der Waals surface area contributed by atoms with Crippen LogP contribution < -0.4 is 11.3 Å². The van der Waals surface area contributed by atoms with Crippen LogP contribution in [-0.4, -0.2) is 0 Å². The van der Waals surface area contributed by atoms with Crippen molar-refractivity contribution >= 4 is 0 Å². The minimum absolute atomic E-state index is 0.549. The molecule has 0 aliphatic rings. The summed E-state index contributed by atoms with van der Waals surface area (Å²) >= 11 is 0. The number of rotatable bonds is 5. The van der Waals surface area contributed by atoms with Crippen molar-refractivity contribution in [3.05, 3.63) is 34.6 Å². The molecule has 0 bridgehead atoms. The van der Waals surface area contributed by atoms with Crippen molar-refractivity contribution in [2.24, 2.45) is 17.7 Å². The Labute approximate surface area is 107 Å². The third-order valence-electron chi connectivity index (χ3n) is 3.40. The maximum Gasteiger partial charge on any atom is 0.0231 e. The molecule has 2 heteroatoms. The van der Waals surface area contributed by atoms with Crippen LogP contribution in [0.2, 0.25) is 0 Å². The van der Waals surface area contributed by atoms with Gasteiger partial charge in [0.15, 0.2) is 0 Å². The van der Waals surface area contributed by atoms with Gasteiger partial charge in [-0.05, 0) is 56.8 Å². The molecule has 3 N–H and O–H groups in total. The second kappa shape index (κ2) is 7.33. The fraction of sp³-hybridized carbons (Fsp3) is 0.600. The molecule has 0 unspecified atom stereocenters. The summed E-state index contributed by atoms with van der Waals surface area (Å²) in [4.78, 5) is 0. The lowest BCUT2D eigenvalue weighted by molar-refractivity contribution is 0.481. The fourth-order valence-corrected chi connectivity index (χ4v) is 1.96. The molecule has 1 atom stereocenters. The lowest BCUT2D eigenvalue weighted by Gasteiger charge is -2.23. The molecule has 0 aromatic rings. The van der Waals surface area contributed by atoms with Gasteiger partial charge in [0.25, 0.3) is 0 Å². The number of hydrogen-bond donors (Lipinski definition) is 2. The van der Waals surface area contributed by atoms with E-state index in [4.69, 9.17) is 5.84 Å². The summed E-state index contributed by atoms with van der Waals surface area (Å²) in [5.74, 6) is 6.59. The van der Waals surface area contributed by atoms with Crippen LogP contribution >= 0.6 is 0 Å². The fourth-order valence-electron chi connectivity index (χ4n) is 1.96. The lowest BCUT2D eigenvalue weighted by Crippen LogP contribution is -2.19. The van der Waals surface area contributed by atoms with Crippen molar-refractivity contribution in [3.8, 4) is 0 Å². The van der Waals surface area contributed by atoms with E-state index in [1.165, 1.54) is 16.7 Å². The van der Waals surface area contributed by atoms with Gasteiger partial charge in [-0.25, -0.2) is 0 Å². The van der Waals surface area contributed by atoms with Gasteiger partial charge < -0.3 is 5.43 Å². The van der Waals surface area contributed by atoms with Gasteiger partial charge in [0.05, 0.1) is 0 Å². The molecule has 98 valence electrons. The van der Waals surface area contributed by atoms with Gasteiger partial charge in [-0.3, -0.25) is 5.84 Å². The summed E-state index contributed by atoms with van der Waals surface area (Å²) < 4.78 is 0. The molecular weight excluding hydrogens is 208 g/mol. The Bertz CT molecular complexity index is 333. The average Bonchev–Trinajstić information content (AvgIpc) is 2.28. The summed E-state index contributed by atoms with van der Waals surface area (Å²) in [6, 6.07) is 0. The molecule has 0 aliphatic carbocycles. The predicted octanol–water partition coefficient (Wildman–Crippen LogP) is 3.93. The summed E-state index contributed by atoms with van der Waals surface area (Å²) in [6.45, 7) is 15.2. The van der Waals surface area contributed by atoms with Crippen LogP contribution in [0.5, 0.6) is 0 Å². The zero-order chi connectivity index (χ0) is 13.6. The second-order valence-corrected chi connectivity index (χ2v) is 5.07. The predicted molar refractivity (Wildman–Crippen MR) is 77.2 cm³/mol. The Morgan fingerprint density at radius 3 is 2.00 bits per heavy atom. The molecule has 0 fully saturated rings. The molecule has 0 saturated carbocycles. The Hall–Kier alpha value is -1.02. The van der Waals surface area contributed by atoms with Crippen molar-refractivity contribution in [1.29, 1.82) is 0 Å². The van der Waals surface area contributed by atoms with Crippen molar-refractivity contribution in [2.75, 3.05) is 0 Å². The highest BCUT2D eigenvalue weighted by atomic mass is 15.2. The summed E-state index contributed by atoms with van der Waals surface area (Å²) in [5.41, 5.74) is 7.74. The van der Waals surface area contributed by atoms with Crippen molar-refractivity contribution in [1.82, 2.24) is 5.43 Å². The van der Waals surface area contributed by atoms with Gasteiger partial charge in [-0.15, -0.1) is 0 Å². The van der Waals surface area contributed by atoms with Crippen LogP contribution in [0.1, 0.15) is 48.5 Å². The maximum atomic E-state index is 5.41. The average molecular weight is 236 g/mol. The largest absolute Gasteiger partial charge is 0.329 e. The minimum atomic E-state index is 0.549. The number of hydrazine groups is 1. The Morgan fingerprint density at radius 1 is 1.12 bits per heavy atom. The van der Waals surface area contributed by atoms with Gasteiger partial charge in [-0.2, -0.15) is 0 Å². The number of allylic oxidation sites excluding steroid dienone is 6. The Balaban J connectivity index is 5.53. The summed E-state index contributed by atoms with van der Waals surface area (Å²) in [7, 11) is 0. The van der Waals surface area contributed by atoms with E-state index >= 15 is 0 Å². The molecule has 0 amide bonds. The highest BCUT2D eigenvalue weighted by molar-refractivity contribution is 5.40. The quantitative estimate of drug-likeness (QED) is 0.431. The van der Waals surface area contributed by atoms with Crippen molar-refractivity contribution < 1.29 is 0 Å². The normalized spacial score (nSPS) is 17.0. The lowest BCUT2D eigenvalue weighted by atomic mass is 9.83. The molecule has 0 aromatic heterocycles. The van der Waals surface area contributed by atoms with Crippen LogP contribution in [0.15, 0.2) is 34.6 Å². The standard InChI is InChI=1S/C15H28N2/c1-8-11(4)15(14(7)10(2)3)12(5)9-13(6)17-16/h8-10,14,17H,16H2,1-7H3/b11-8-,13-9-,15-12+/t14-/m0/s1. The van der Waals surface area contributed by atoms with E-state index in [0.717, 1.165) is 5.70 Å². The molecule has 0 aliphatic heterocycles. The molecule has 0 heterocycles. The molecule has 0 spiro atoms. The van der Waals surface area contributed by atoms with Gasteiger partial charge in [0, 0.05) is 5.70 Å². The van der Waals surface area contributed by atoms with Crippen LogP contribution in [0.25, 0.3) is 0 Å². The van der Waals surface area contributed by atoms with Crippen molar-refractivity contribution in [3.63, 3.8) is 0 Å². The van der Waals surface area contributed by atoms with Crippen LogP contribution in [-0.2, 0) is 0 Å². The molecule has 0 radical (unpaired) electrons. The molecule has 17 heavy (non-hydrogen) atoms. The van der Waals surface area contributed by atoms with Crippen LogP contribution in [0, 0.1) is 11.8 Å². The monoisotopic (exact) mass is 236 g/mol. The SMILES string of the molecule is C\C=C(C)/C(=C(C)\C=C(\C)NN)[C@@H](C)C(C)C. The van der Waals surface area contributed by atoms with Gasteiger partial charge in [-0.1, -0.05) is 32.4 Å². The zero-order valence-corrected chi connectivity index (χ0v) is 12.4. The van der Waals surface area contributed by atoms with E-state index < -0.39 is 0 Å². The highest BCUT2D eigenvalue weighted by Gasteiger charge is 2.16. The third-order valence-corrected chi connectivity index (χ3v) is 3.40. The van der Waals surface area contributed by atoms with E-state index in [1.54, 1.807) is 0 Å². The highest BCUT2D eigenvalue weighted by Crippen LogP contribution is 2.29. The molecular formula is C15H28N2. The number of nitrogens with one attached hydrogen (secondary N) is 1. The van der Waals surface area contributed by atoms with Gasteiger partial charge >= 0.3 is 0 Å². The zero-order valence-electron chi connectivity index (χ0n) is 12.4. The minimum Gasteiger partial charge on any atom is -0.329 e. The summed E-state index contributed by atoms with van der Waals surface area (Å²) in [5, 5.41) is 0. The summed E-state index contributed by atoms with van der Waals surface area (Å²) in [6.07, 6.45) is 4.29. The Morgan fingerprint density at radius 2 is 1.65 bits per heavy atom. The first-order valence-electron chi connectivity index (χ1n) is 6.34. The van der Waals surface area contributed by atoms with Crippen molar-refractivity contribution in [2.45, 2.75) is 48.5 Å². The first kappa shape index (κ1) is 16.0.